The third kappa shape index (κ3) is 4.19. The molecule has 7 nitrogen and oxygen atoms in total. The minimum atomic E-state index is -0.282. The number of H-pyrrole nitrogens is 1. The fourth-order valence-electron chi connectivity index (χ4n) is 2.67. The van der Waals surface area contributed by atoms with E-state index in [9.17, 15) is 9.59 Å². The number of benzene rings is 2. The Morgan fingerprint density at radius 2 is 2.04 bits per heavy atom. The fourth-order valence-corrected chi connectivity index (χ4v) is 3.42. The number of imidazole rings is 1. The summed E-state index contributed by atoms with van der Waals surface area (Å²) in [6.45, 7) is 0. The highest BCUT2D eigenvalue weighted by Gasteiger charge is 2.11. The molecule has 0 bridgehead atoms. The van der Waals surface area contributed by atoms with Crippen molar-refractivity contribution >= 4 is 57.4 Å². The van der Waals surface area contributed by atoms with E-state index in [1.165, 1.54) is 11.3 Å². The molecule has 0 aliphatic heterocycles. The average molecular weight is 412 g/mol. The average Bonchev–Trinajstić information content (AvgIpc) is 3.30. The molecule has 0 unspecified atom stereocenters. The molecule has 0 atom stereocenters. The van der Waals surface area contributed by atoms with Gasteiger partial charge in [0, 0.05) is 16.1 Å². The summed E-state index contributed by atoms with van der Waals surface area (Å²) >= 11 is 7.30. The third-order valence-corrected chi connectivity index (χ3v) is 4.74. The molecule has 2 aromatic heterocycles. The van der Waals surface area contributed by atoms with Crippen LogP contribution in [0.25, 0.3) is 11.0 Å². The summed E-state index contributed by atoms with van der Waals surface area (Å²) in [5.74, 6) is -0.154. The molecule has 0 aliphatic rings. The number of hydrogen-bond acceptors (Lipinski definition) is 5. The molecule has 2 amide bonds. The number of amides is 2. The van der Waals surface area contributed by atoms with Crippen molar-refractivity contribution in [2.24, 2.45) is 0 Å². The molecule has 9 heteroatoms. The van der Waals surface area contributed by atoms with Crippen molar-refractivity contribution in [3.05, 3.63) is 69.6 Å². The van der Waals surface area contributed by atoms with Gasteiger partial charge >= 0.3 is 0 Å². The third-order valence-electron chi connectivity index (χ3n) is 3.92. The molecule has 3 N–H and O–H groups in total. The summed E-state index contributed by atoms with van der Waals surface area (Å²) in [4.78, 5) is 35.7. The van der Waals surface area contributed by atoms with E-state index in [4.69, 9.17) is 11.6 Å². The van der Waals surface area contributed by atoms with E-state index in [-0.39, 0.29) is 18.2 Å². The predicted molar refractivity (Wildman–Crippen MR) is 110 cm³/mol. The van der Waals surface area contributed by atoms with Gasteiger partial charge in [0.1, 0.15) is 5.69 Å². The van der Waals surface area contributed by atoms with Crippen LogP contribution in [0.5, 0.6) is 0 Å². The normalized spacial score (nSPS) is 10.8. The van der Waals surface area contributed by atoms with Gasteiger partial charge in [-0.05, 0) is 35.9 Å². The van der Waals surface area contributed by atoms with Crippen molar-refractivity contribution < 1.29 is 9.59 Å². The van der Waals surface area contributed by atoms with Gasteiger partial charge in [0.05, 0.1) is 23.0 Å². The van der Waals surface area contributed by atoms with Crippen molar-refractivity contribution in [2.45, 2.75) is 6.42 Å². The van der Waals surface area contributed by atoms with E-state index in [1.54, 1.807) is 47.3 Å². The highest BCUT2D eigenvalue weighted by molar-refractivity contribution is 7.07. The van der Waals surface area contributed by atoms with Gasteiger partial charge < -0.3 is 10.3 Å². The van der Waals surface area contributed by atoms with Crippen LogP contribution in [0, 0.1) is 0 Å². The van der Waals surface area contributed by atoms with Gasteiger partial charge in [0.25, 0.3) is 5.91 Å². The van der Waals surface area contributed by atoms with Crippen LogP contribution < -0.4 is 10.6 Å². The number of anilines is 2. The van der Waals surface area contributed by atoms with E-state index in [0.717, 1.165) is 5.56 Å². The molecule has 2 heterocycles. The van der Waals surface area contributed by atoms with E-state index in [1.807, 2.05) is 6.07 Å². The Balaban J connectivity index is 1.45. The van der Waals surface area contributed by atoms with E-state index < -0.39 is 0 Å². The van der Waals surface area contributed by atoms with Crippen molar-refractivity contribution in [3.8, 4) is 0 Å². The van der Waals surface area contributed by atoms with Gasteiger partial charge in [0.15, 0.2) is 0 Å². The number of aromatic amines is 1. The highest BCUT2D eigenvalue weighted by Crippen LogP contribution is 2.20. The van der Waals surface area contributed by atoms with Gasteiger partial charge in [-0.25, -0.2) is 9.97 Å². The second-order valence-corrected chi connectivity index (χ2v) is 7.16. The molecule has 2 aromatic carbocycles. The van der Waals surface area contributed by atoms with Gasteiger partial charge in [-0.15, -0.1) is 11.3 Å². The van der Waals surface area contributed by atoms with Crippen molar-refractivity contribution in [1.29, 1.82) is 0 Å². The Morgan fingerprint density at radius 3 is 2.82 bits per heavy atom. The van der Waals surface area contributed by atoms with Crippen molar-refractivity contribution in [2.75, 3.05) is 10.6 Å². The van der Waals surface area contributed by atoms with Gasteiger partial charge in [0.2, 0.25) is 11.9 Å². The van der Waals surface area contributed by atoms with E-state index >= 15 is 0 Å². The molecule has 0 fully saturated rings. The van der Waals surface area contributed by atoms with Crippen molar-refractivity contribution in [3.63, 3.8) is 0 Å². The molecule has 4 aromatic rings. The first-order valence-corrected chi connectivity index (χ1v) is 9.62. The minimum Gasteiger partial charge on any atom is -0.324 e. The van der Waals surface area contributed by atoms with Crippen LogP contribution in [-0.2, 0) is 11.2 Å². The first kappa shape index (κ1) is 18.1. The first-order chi connectivity index (χ1) is 13.6. The minimum absolute atomic E-state index is 0.187. The Bertz CT molecular complexity index is 1160. The smallest absolute Gasteiger partial charge is 0.275 e. The van der Waals surface area contributed by atoms with E-state index in [2.05, 4.69) is 25.6 Å². The lowest BCUT2D eigenvalue weighted by molar-refractivity contribution is -0.115. The van der Waals surface area contributed by atoms with Crippen LogP contribution in [0.3, 0.4) is 0 Å². The Labute approximate surface area is 168 Å². The number of hydrogen-bond donors (Lipinski definition) is 3. The maximum absolute atomic E-state index is 12.2. The van der Waals surface area contributed by atoms with Crippen LogP contribution in [0.15, 0.2) is 53.4 Å². The zero-order chi connectivity index (χ0) is 19.5. The lowest BCUT2D eigenvalue weighted by atomic mass is 10.1. The summed E-state index contributed by atoms with van der Waals surface area (Å²) < 4.78 is 0. The molecule has 140 valence electrons. The quantitative estimate of drug-likeness (QED) is 0.460. The molecule has 0 aliphatic carbocycles. The van der Waals surface area contributed by atoms with Crippen LogP contribution in [0.1, 0.15) is 16.1 Å². The topological polar surface area (TPSA) is 99.8 Å². The predicted octanol–water partition coefficient (Wildman–Crippen LogP) is 4.11. The Kier molecular flexibility index (Phi) is 5.05. The number of nitrogens with zero attached hydrogens (tertiary/aromatic N) is 2. The molecule has 28 heavy (non-hydrogen) atoms. The molecule has 0 radical (unpaired) electrons. The number of carbonyl (C=O) groups is 2. The molecule has 0 saturated carbocycles. The zero-order valence-electron chi connectivity index (χ0n) is 14.4. The van der Waals surface area contributed by atoms with Crippen LogP contribution in [0.2, 0.25) is 5.02 Å². The molecular formula is C19H14ClN5O2S. The Morgan fingerprint density at radius 1 is 1.14 bits per heavy atom. The van der Waals surface area contributed by atoms with Gasteiger partial charge in [-0.1, -0.05) is 23.7 Å². The summed E-state index contributed by atoms with van der Waals surface area (Å²) in [5.41, 5.74) is 4.74. The molecule has 0 spiro atoms. The number of halogens is 1. The Hall–Kier alpha value is -3.23. The number of fused-ring (bicyclic) bond motifs is 1. The van der Waals surface area contributed by atoms with Crippen molar-refractivity contribution in [1.82, 2.24) is 15.0 Å². The number of thiazole rings is 1. The summed E-state index contributed by atoms with van der Waals surface area (Å²) in [6.07, 6.45) is 0.187. The van der Waals surface area contributed by atoms with Crippen LogP contribution in [0.4, 0.5) is 11.6 Å². The summed E-state index contributed by atoms with van der Waals surface area (Å²) in [5, 5.41) is 7.78. The fraction of sp³-hybridized carbons (Fsp3) is 0.0526. The maximum atomic E-state index is 12.2. The lowest BCUT2D eigenvalue weighted by Crippen LogP contribution is -2.15. The van der Waals surface area contributed by atoms with Gasteiger partial charge in [-0.2, -0.15) is 0 Å². The van der Waals surface area contributed by atoms with Crippen LogP contribution in [-0.4, -0.2) is 26.8 Å². The number of carbonyl (C=O) groups excluding carboxylic acids is 2. The molecule has 0 saturated heterocycles. The standard InChI is InChI=1S/C19H14ClN5O2S/c20-12-3-1-2-11(6-12)7-17(26)25-19-23-14-5-4-13(8-15(14)24-19)22-18(27)16-9-28-10-21-16/h1-6,8-10H,7H2,(H,22,27)(H2,23,24,25,26). The largest absolute Gasteiger partial charge is 0.324 e. The van der Waals surface area contributed by atoms with Crippen LogP contribution >= 0.6 is 22.9 Å². The van der Waals surface area contributed by atoms with E-state index in [0.29, 0.717) is 33.4 Å². The maximum Gasteiger partial charge on any atom is 0.275 e. The van der Waals surface area contributed by atoms with Gasteiger partial charge in [-0.3, -0.25) is 14.9 Å². The molecular weight excluding hydrogens is 398 g/mol. The first-order valence-electron chi connectivity index (χ1n) is 8.30. The second kappa shape index (κ2) is 7.79. The second-order valence-electron chi connectivity index (χ2n) is 6.00. The zero-order valence-corrected chi connectivity index (χ0v) is 16.0. The number of rotatable bonds is 5. The SMILES string of the molecule is O=C(Cc1cccc(Cl)c1)Nc1nc2ccc(NC(=O)c3cscn3)cc2[nH]1. The summed E-state index contributed by atoms with van der Waals surface area (Å²) in [7, 11) is 0. The monoisotopic (exact) mass is 411 g/mol. The summed E-state index contributed by atoms with van der Waals surface area (Å²) in [6, 6.07) is 12.4. The highest BCUT2D eigenvalue weighted by atomic mass is 35.5. The number of aromatic nitrogens is 3. The number of nitrogens with one attached hydrogen (secondary N) is 3. The molecule has 4 rings (SSSR count). The lowest BCUT2D eigenvalue weighted by Gasteiger charge is -2.03.